The van der Waals surface area contributed by atoms with Crippen LogP contribution in [0.3, 0.4) is 0 Å². The van der Waals surface area contributed by atoms with E-state index >= 15 is 0 Å². The average molecular weight is 444 g/mol. The maximum Gasteiger partial charge on any atom is 0.416 e. The average Bonchev–Trinajstić information content (AvgIpc) is 3.19. The molecule has 0 radical (unpaired) electrons. The third-order valence-electron chi connectivity index (χ3n) is 4.72. The monoisotopic (exact) mass is 444 g/mol. The van der Waals surface area contributed by atoms with Gasteiger partial charge in [0, 0.05) is 12.5 Å². The Morgan fingerprint density at radius 3 is 2.77 bits per heavy atom. The summed E-state index contributed by atoms with van der Waals surface area (Å²) in [7, 11) is 0. The number of aromatic nitrogens is 2. The van der Waals surface area contributed by atoms with E-state index in [0.717, 1.165) is 30.0 Å². The van der Waals surface area contributed by atoms with E-state index in [0.29, 0.717) is 11.0 Å². The Hall–Kier alpha value is -2.40. The van der Waals surface area contributed by atoms with Gasteiger partial charge in [0.2, 0.25) is 5.13 Å². The highest BCUT2D eigenvalue weighted by atomic mass is 32.1. The van der Waals surface area contributed by atoms with Crippen LogP contribution in [0.1, 0.15) is 48.6 Å². The summed E-state index contributed by atoms with van der Waals surface area (Å²) in [6.07, 6.45) is 0.180. The summed E-state index contributed by atoms with van der Waals surface area (Å²) in [5, 5.41) is 24.4. The SMILES string of the molecule is O=C(NC[C@H](O)COc1cccc(C(F)(F)F)c1)Nc1nnc(C2CCCCC2)s1. The van der Waals surface area contributed by atoms with Gasteiger partial charge in [0.1, 0.15) is 23.5 Å². The highest BCUT2D eigenvalue weighted by Gasteiger charge is 2.30. The molecule has 1 fully saturated rings. The summed E-state index contributed by atoms with van der Waals surface area (Å²) in [6.45, 7) is -0.411. The van der Waals surface area contributed by atoms with E-state index in [1.807, 2.05) is 0 Å². The van der Waals surface area contributed by atoms with Crippen LogP contribution in [0.15, 0.2) is 24.3 Å². The standard InChI is InChI=1S/C19H23F3N4O3S/c20-19(21,22)13-7-4-8-15(9-13)29-11-14(27)10-23-17(28)24-18-26-25-16(30-18)12-5-2-1-3-6-12/h4,7-9,12,14,27H,1-3,5-6,10-11H2,(H2,23,24,26,28)/t14-/m0/s1. The molecule has 0 spiro atoms. The first-order valence-electron chi connectivity index (χ1n) is 9.67. The Balaban J connectivity index is 1.40. The lowest BCUT2D eigenvalue weighted by molar-refractivity contribution is -0.137. The van der Waals surface area contributed by atoms with Crippen LogP contribution in [0.4, 0.5) is 23.1 Å². The smallest absolute Gasteiger partial charge is 0.416 e. The number of nitrogens with one attached hydrogen (secondary N) is 2. The molecule has 0 saturated heterocycles. The molecule has 3 N–H and O–H groups in total. The summed E-state index contributed by atoms with van der Waals surface area (Å²) in [5.41, 5.74) is -0.836. The van der Waals surface area contributed by atoms with Gasteiger partial charge in [0.05, 0.1) is 5.56 Å². The zero-order chi connectivity index (χ0) is 21.6. The van der Waals surface area contributed by atoms with Gasteiger partial charge in [-0.2, -0.15) is 13.2 Å². The summed E-state index contributed by atoms with van der Waals surface area (Å²) < 4.78 is 43.3. The number of aliphatic hydroxyl groups is 1. The van der Waals surface area contributed by atoms with Crippen molar-refractivity contribution in [3.8, 4) is 5.75 Å². The number of carbonyl (C=O) groups excluding carboxylic acids is 1. The van der Waals surface area contributed by atoms with Crippen LogP contribution in [0.5, 0.6) is 5.75 Å². The number of urea groups is 1. The van der Waals surface area contributed by atoms with E-state index in [1.165, 1.54) is 42.7 Å². The molecule has 1 aliphatic carbocycles. The molecule has 1 aromatic heterocycles. The van der Waals surface area contributed by atoms with Crippen molar-refractivity contribution in [3.63, 3.8) is 0 Å². The molecule has 164 valence electrons. The molecule has 0 unspecified atom stereocenters. The lowest BCUT2D eigenvalue weighted by atomic mass is 9.90. The van der Waals surface area contributed by atoms with Crippen molar-refractivity contribution in [1.29, 1.82) is 0 Å². The number of rotatable bonds is 7. The Kier molecular flexibility index (Phi) is 7.48. The molecule has 7 nitrogen and oxygen atoms in total. The molecule has 1 heterocycles. The zero-order valence-corrected chi connectivity index (χ0v) is 16.9. The Morgan fingerprint density at radius 2 is 2.03 bits per heavy atom. The van der Waals surface area contributed by atoms with Crippen molar-refractivity contribution in [2.24, 2.45) is 0 Å². The molecule has 2 amide bonds. The fourth-order valence-electron chi connectivity index (χ4n) is 3.16. The number of hydrogen-bond acceptors (Lipinski definition) is 6. The number of alkyl halides is 3. The Morgan fingerprint density at radius 1 is 1.27 bits per heavy atom. The summed E-state index contributed by atoms with van der Waals surface area (Å²) in [4.78, 5) is 12.0. The van der Waals surface area contributed by atoms with Gasteiger partial charge >= 0.3 is 12.2 Å². The van der Waals surface area contributed by atoms with Crippen molar-refractivity contribution in [2.75, 3.05) is 18.5 Å². The molecule has 2 aromatic rings. The first kappa shape index (κ1) is 22.3. The van der Waals surface area contributed by atoms with Crippen molar-refractivity contribution in [2.45, 2.75) is 50.3 Å². The van der Waals surface area contributed by atoms with Gasteiger partial charge in [-0.15, -0.1) is 10.2 Å². The van der Waals surface area contributed by atoms with E-state index < -0.39 is 23.9 Å². The number of ether oxygens (including phenoxy) is 1. The third kappa shape index (κ3) is 6.56. The zero-order valence-electron chi connectivity index (χ0n) is 16.1. The minimum atomic E-state index is -4.47. The number of halogens is 3. The number of carbonyl (C=O) groups is 1. The van der Waals surface area contributed by atoms with Crippen molar-refractivity contribution >= 4 is 22.5 Å². The van der Waals surface area contributed by atoms with Crippen LogP contribution in [-0.4, -0.2) is 40.6 Å². The second-order valence-electron chi connectivity index (χ2n) is 7.11. The van der Waals surface area contributed by atoms with E-state index in [1.54, 1.807) is 0 Å². The van der Waals surface area contributed by atoms with Gasteiger partial charge in [-0.25, -0.2) is 4.79 Å². The topological polar surface area (TPSA) is 96.4 Å². The van der Waals surface area contributed by atoms with Crippen LogP contribution >= 0.6 is 11.3 Å². The molecule has 3 rings (SSSR count). The summed E-state index contributed by atoms with van der Waals surface area (Å²) in [6, 6.07) is 3.81. The Labute approximate surface area is 175 Å². The van der Waals surface area contributed by atoms with E-state index in [9.17, 15) is 23.1 Å². The van der Waals surface area contributed by atoms with E-state index in [4.69, 9.17) is 4.74 Å². The first-order chi connectivity index (χ1) is 14.3. The summed E-state index contributed by atoms with van der Waals surface area (Å²) >= 11 is 1.34. The van der Waals surface area contributed by atoms with Gasteiger partial charge in [-0.1, -0.05) is 36.7 Å². The predicted molar refractivity (Wildman–Crippen MR) is 106 cm³/mol. The minimum Gasteiger partial charge on any atom is -0.491 e. The third-order valence-corrected chi connectivity index (χ3v) is 5.72. The van der Waals surface area contributed by atoms with Crippen molar-refractivity contribution < 1.29 is 27.8 Å². The highest BCUT2D eigenvalue weighted by molar-refractivity contribution is 7.15. The fraction of sp³-hybridized carbons (Fsp3) is 0.526. The Bertz CT molecular complexity index is 840. The maximum absolute atomic E-state index is 12.7. The molecule has 30 heavy (non-hydrogen) atoms. The normalized spacial score (nSPS) is 16.1. The second kappa shape index (κ2) is 10.1. The number of nitrogens with zero attached hydrogens (tertiary/aromatic N) is 2. The number of hydrogen-bond donors (Lipinski definition) is 3. The molecular weight excluding hydrogens is 421 g/mol. The van der Waals surface area contributed by atoms with Crippen LogP contribution < -0.4 is 15.4 Å². The lowest BCUT2D eigenvalue weighted by Gasteiger charge is -2.18. The first-order valence-corrected chi connectivity index (χ1v) is 10.5. The fourth-order valence-corrected chi connectivity index (χ4v) is 4.07. The number of aliphatic hydroxyl groups excluding tert-OH is 1. The molecule has 11 heteroatoms. The van der Waals surface area contributed by atoms with Crippen molar-refractivity contribution in [3.05, 3.63) is 34.8 Å². The van der Waals surface area contributed by atoms with Gasteiger partial charge < -0.3 is 15.2 Å². The number of anilines is 1. The van der Waals surface area contributed by atoms with Crippen LogP contribution in [0.2, 0.25) is 0 Å². The molecule has 1 aromatic carbocycles. The second-order valence-corrected chi connectivity index (χ2v) is 8.11. The maximum atomic E-state index is 12.7. The van der Waals surface area contributed by atoms with Crippen LogP contribution in [0, 0.1) is 0 Å². The van der Waals surface area contributed by atoms with Gasteiger partial charge in [-0.05, 0) is 31.0 Å². The molecule has 0 aliphatic heterocycles. The van der Waals surface area contributed by atoms with Gasteiger partial charge in [-0.3, -0.25) is 5.32 Å². The molecule has 1 atom stereocenters. The molecule has 1 saturated carbocycles. The molecular formula is C19H23F3N4O3S. The van der Waals surface area contributed by atoms with Gasteiger partial charge in [0.25, 0.3) is 0 Å². The largest absolute Gasteiger partial charge is 0.491 e. The predicted octanol–water partition coefficient (Wildman–Crippen LogP) is 4.17. The van der Waals surface area contributed by atoms with Crippen LogP contribution in [0.25, 0.3) is 0 Å². The van der Waals surface area contributed by atoms with E-state index in [2.05, 4.69) is 20.8 Å². The van der Waals surface area contributed by atoms with E-state index in [-0.39, 0.29) is 18.9 Å². The summed E-state index contributed by atoms with van der Waals surface area (Å²) in [5.74, 6) is 0.377. The van der Waals surface area contributed by atoms with Gasteiger partial charge in [0.15, 0.2) is 0 Å². The quantitative estimate of drug-likeness (QED) is 0.596. The molecule has 0 bridgehead atoms. The minimum absolute atomic E-state index is 0.0163. The lowest BCUT2D eigenvalue weighted by Crippen LogP contribution is -2.37. The van der Waals surface area contributed by atoms with Crippen LogP contribution in [-0.2, 0) is 6.18 Å². The number of benzene rings is 1. The highest BCUT2D eigenvalue weighted by Crippen LogP contribution is 2.35. The van der Waals surface area contributed by atoms with Crippen molar-refractivity contribution in [1.82, 2.24) is 15.5 Å². The molecule has 1 aliphatic rings. The number of amides is 2.